The number of hydrazine groups is 1. The monoisotopic (exact) mass is 386 g/mol. The number of nitrogens with zero attached hydrogens (tertiary/aromatic N) is 3. The third-order valence-electron chi connectivity index (χ3n) is 3.64. The van der Waals surface area contributed by atoms with Crippen molar-refractivity contribution in [3.8, 4) is 11.4 Å². The largest absolute Gasteiger partial charge is 0.340 e. The zero-order valence-corrected chi connectivity index (χ0v) is 15.5. The van der Waals surface area contributed by atoms with E-state index in [0.29, 0.717) is 10.7 Å². The van der Waals surface area contributed by atoms with Crippen molar-refractivity contribution in [3.05, 3.63) is 46.9 Å². The molecule has 3 aromatic rings. The van der Waals surface area contributed by atoms with Gasteiger partial charge in [-0.2, -0.15) is 4.98 Å². The normalized spacial score (nSPS) is 11.8. The van der Waals surface area contributed by atoms with Gasteiger partial charge in [0.25, 0.3) is 11.8 Å². The minimum absolute atomic E-state index is 0.0299. The molecule has 0 aromatic carbocycles. The van der Waals surface area contributed by atoms with E-state index in [-0.39, 0.29) is 17.8 Å². The number of hydrogen-bond donors (Lipinski definition) is 3. The molecule has 0 fully saturated rings. The maximum Gasteiger partial charge on any atom is 0.340 e. The summed E-state index contributed by atoms with van der Waals surface area (Å²) in [4.78, 5) is 33.3. The second-order valence-electron chi connectivity index (χ2n) is 5.95. The van der Waals surface area contributed by atoms with Crippen molar-refractivity contribution >= 4 is 29.2 Å². The van der Waals surface area contributed by atoms with Crippen LogP contribution in [0.15, 0.2) is 46.6 Å². The van der Waals surface area contributed by atoms with E-state index in [2.05, 4.69) is 31.3 Å². The second-order valence-corrected chi connectivity index (χ2v) is 6.89. The highest BCUT2D eigenvalue weighted by atomic mass is 32.1. The van der Waals surface area contributed by atoms with Gasteiger partial charge in [-0.1, -0.05) is 25.1 Å². The molecule has 27 heavy (non-hydrogen) atoms. The molecule has 0 radical (unpaired) electrons. The maximum absolute atomic E-state index is 12.5. The Labute approximate surface area is 159 Å². The average molecular weight is 386 g/mol. The topological polar surface area (TPSA) is 122 Å². The van der Waals surface area contributed by atoms with Crippen molar-refractivity contribution in [1.29, 1.82) is 0 Å². The number of pyridine rings is 1. The summed E-state index contributed by atoms with van der Waals surface area (Å²) in [7, 11) is 0. The first-order valence-corrected chi connectivity index (χ1v) is 9.07. The quantitative estimate of drug-likeness (QED) is 0.531. The van der Waals surface area contributed by atoms with Crippen LogP contribution in [0.5, 0.6) is 0 Å². The van der Waals surface area contributed by atoms with Gasteiger partial charge in [-0.3, -0.25) is 20.0 Å². The third-order valence-corrected chi connectivity index (χ3v) is 4.51. The summed E-state index contributed by atoms with van der Waals surface area (Å²) < 4.78 is 5.06. The number of thiophene rings is 1. The van der Waals surface area contributed by atoms with Crippen molar-refractivity contribution < 1.29 is 14.1 Å². The van der Waals surface area contributed by atoms with Gasteiger partial charge in [0.15, 0.2) is 0 Å². The molecule has 0 aliphatic carbocycles. The fourth-order valence-corrected chi connectivity index (χ4v) is 2.87. The van der Waals surface area contributed by atoms with Gasteiger partial charge in [-0.15, -0.1) is 11.3 Å². The Balaban J connectivity index is 1.60. The first-order chi connectivity index (χ1) is 13.0. The van der Waals surface area contributed by atoms with Crippen molar-refractivity contribution in [2.75, 3.05) is 5.43 Å². The molecule has 0 saturated carbocycles. The molecular weight excluding hydrogens is 368 g/mol. The highest BCUT2D eigenvalue weighted by molar-refractivity contribution is 7.12. The number of carbonyl (C=O) groups is 2. The Bertz CT molecular complexity index is 895. The van der Waals surface area contributed by atoms with Crippen LogP contribution < -0.4 is 16.2 Å². The predicted molar refractivity (Wildman–Crippen MR) is 99.7 cm³/mol. The number of carbonyl (C=O) groups excluding carboxylic acids is 2. The Hall–Kier alpha value is -3.27. The zero-order valence-electron chi connectivity index (χ0n) is 14.7. The van der Waals surface area contributed by atoms with Gasteiger partial charge in [0, 0.05) is 18.0 Å². The lowest BCUT2D eigenvalue weighted by Gasteiger charge is -2.21. The van der Waals surface area contributed by atoms with Crippen molar-refractivity contribution in [1.82, 2.24) is 25.9 Å². The van der Waals surface area contributed by atoms with Crippen LogP contribution in [0.25, 0.3) is 11.4 Å². The Morgan fingerprint density at radius 2 is 1.96 bits per heavy atom. The van der Waals surface area contributed by atoms with E-state index in [0.717, 1.165) is 5.56 Å². The molecule has 10 heteroatoms. The van der Waals surface area contributed by atoms with Crippen LogP contribution >= 0.6 is 11.3 Å². The molecule has 3 N–H and O–H groups in total. The van der Waals surface area contributed by atoms with E-state index in [1.54, 1.807) is 42.0 Å². The summed E-state index contributed by atoms with van der Waals surface area (Å²) in [6, 6.07) is 6.26. The molecule has 0 bridgehead atoms. The Morgan fingerprint density at radius 1 is 1.19 bits per heavy atom. The molecule has 3 rings (SSSR count). The molecule has 3 heterocycles. The van der Waals surface area contributed by atoms with Crippen molar-refractivity contribution in [2.45, 2.75) is 19.9 Å². The van der Waals surface area contributed by atoms with Crippen molar-refractivity contribution in [2.24, 2.45) is 5.92 Å². The van der Waals surface area contributed by atoms with Crippen LogP contribution in [0.4, 0.5) is 6.01 Å². The smallest absolute Gasteiger partial charge is 0.339 e. The van der Waals surface area contributed by atoms with E-state index < -0.39 is 11.9 Å². The molecule has 2 amide bonds. The minimum Gasteiger partial charge on any atom is -0.339 e. The molecule has 0 aliphatic rings. The van der Waals surface area contributed by atoms with Crippen LogP contribution in [0, 0.1) is 5.92 Å². The van der Waals surface area contributed by atoms with Crippen LogP contribution in [-0.2, 0) is 4.79 Å². The third kappa shape index (κ3) is 4.67. The van der Waals surface area contributed by atoms with Crippen LogP contribution in [0.3, 0.4) is 0 Å². The number of aromatic nitrogens is 3. The van der Waals surface area contributed by atoms with E-state index in [1.807, 2.05) is 13.8 Å². The van der Waals surface area contributed by atoms with Gasteiger partial charge in [-0.05, 0) is 29.5 Å². The molecule has 0 spiro atoms. The van der Waals surface area contributed by atoms with E-state index in [1.165, 1.54) is 11.3 Å². The minimum atomic E-state index is -0.727. The lowest BCUT2D eigenvalue weighted by atomic mass is 10.0. The van der Waals surface area contributed by atoms with Crippen LogP contribution in [0.1, 0.15) is 23.5 Å². The lowest BCUT2D eigenvalue weighted by molar-refractivity contribution is -0.123. The number of amides is 2. The summed E-state index contributed by atoms with van der Waals surface area (Å²) in [5.41, 5.74) is 5.79. The van der Waals surface area contributed by atoms with Gasteiger partial charge in [0.1, 0.15) is 6.04 Å². The lowest BCUT2D eigenvalue weighted by Crippen LogP contribution is -2.51. The zero-order chi connectivity index (χ0) is 19.2. The molecule has 1 atom stereocenters. The van der Waals surface area contributed by atoms with Crippen LogP contribution in [0.2, 0.25) is 0 Å². The molecular formula is C17H18N6O3S. The first kappa shape index (κ1) is 18.5. The van der Waals surface area contributed by atoms with Gasteiger partial charge >= 0.3 is 6.01 Å². The maximum atomic E-state index is 12.5. The predicted octanol–water partition coefficient (Wildman–Crippen LogP) is 2.09. The molecule has 140 valence electrons. The summed E-state index contributed by atoms with van der Waals surface area (Å²) in [5, 5.41) is 8.36. The van der Waals surface area contributed by atoms with E-state index >= 15 is 0 Å². The van der Waals surface area contributed by atoms with Gasteiger partial charge in [0.2, 0.25) is 5.82 Å². The molecule has 0 aliphatic heterocycles. The fraction of sp³-hybridized carbons (Fsp3) is 0.235. The average Bonchev–Trinajstić information content (AvgIpc) is 3.36. The molecule has 1 unspecified atom stereocenters. The molecule has 3 aromatic heterocycles. The highest BCUT2D eigenvalue weighted by Gasteiger charge is 2.25. The number of hydrogen-bond acceptors (Lipinski definition) is 8. The second kappa shape index (κ2) is 8.41. The Morgan fingerprint density at radius 3 is 2.63 bits per heavy atom. The highest BCUT2D eigenvalue weighted by Crippen LogP contribution is 2.16. The SMILES string of the molecule is CC(C)C(NC(=O)c1cccs1)C(=O)NNc1nc(-c2ccncc2)no1. The Kier molecular flexibility index (Phi) is 5.77. The van der Waals surface area contributed by atoms with Gasteiger partial charge in [-0.25, -0.2) is 5.43 Å². The summed E-state index contributed by atoms with van der Waals surface area (Å²) in [5.74, 6) is -0.471. The fourth-order valence-electron chi connectivity index (χ4n) is 2.24. The number of rotatable bonds is 7. The van der Waals surface area contributed by atoms with Gasteiger partial charge < -0.3 is 9.84 Å². The van der Waals surface area contributed by atoms with Crippen molar-refractivity contribution in [3.63, 3.8) is 0 Å². The summed E-state index contributed by atoms with van der Waals surface area (Å²) in [6.07, 6.45) is 3.23. The summed E-state index contributed by atoms with van der Waals surface area (Å²) in [6.45, 7) is 3.68. The molecule has 0 saturated heterocycles. The summed E-state index contributed by atoms with van der Waals surface area (Å²) >= 11 is 1.31. The number of nitrogens with one attached hydrogen (secondary N) is 3. The van der Waals surface area contributed by atoms with Crippen LogP contribution in [-0.4, -0.2) is 33.0 Å². The number of anilines is 1. The van der Waals surface area contributed by atoms with Gasteiger partial charge in [0.05, 0.1) is 4.88 Å². The first-order valence-electron chi connectivity index (χ1n) is 8.19. The van der Waals surface area contributed by atoms with E-state index in [9.17, 15) is 9.59 Å². The van der Waals surface area contributed by atoms with E-state index in [4.69, 9.17) is 4.52 Å². The standard InChI is InChI=1S/C17H18N6O3S/c1-10(2)13(19-15(24)12-4-3-9-27-12)16(25)21-22-17-20-14(23-26-17)11-5-7-18-8-6-11/h3-10,13H,1-2H3,(H,19,24)(H,21,25)(H,20,22,23). The molecule has 9 nitrogen and oxygen atoms in total.